The Bertz CT molecular complexity index is 603. The Kier molecular flexibility index (Phi) is 8.71. The molecule has 1 heterocycles. The second kappa shape index (κ2) is 10.0. The summed E-state index contributed by atoms with van der Waals surface area (Å²) in [5.41, 5.74) is 2.02. The molecule has 0 radical (unpaired) electrons. The van der Waals surface area contributed by atoms with E-state index in [1.54, 1.807) is 11.3 Å². The quantitative estimate of drug-likeness (QED) is 0.708. The van der Waals surface area contributed by atoms with Crippen LogP contribution in [0.15, 0.2) is 40.2 Å². The Hall–Kier alpha value is -0.880. The van der Waals surface area contributed by atoms with Gasteiger partial charge in [-0.15, -0.1) is 23.7 Å². The number of aryl methyl sites for hydroxylation is 1. The molecule has 0 unspecified atom stereocenters. The summed E-state index contributed by atoms with van der Waals surface area (Å²) in [6, 6.07) is 9.99. The first-order valence-corrected chi connectivity index (χ1v) is 8.67. The van der Waals surface area contributed by atoms with Gasteiger partial charge in [0.2, 0.25) is 5.91 Å². The van der Waals surface area contributed by atoms with E-state index in [2.05, 4.69) is 39.6 Å². The summed E-state index contributed by atoms with van der Waals surface area (Å²) < 4.78 is 1.08. The zero-order valence-corrected chi connectivity index (χ0v) is 15.6. The van der Waals surface area contributed by atoms with Crippen LogP contribution in [0, 0.1) is 0 Å². The van der Waals surface area contributed by atoms with Crippen LogP contribution in [0.25, 0.3) is 0 Å². The zero-order valence-electron chi connectivity index (χ0n) is 12.4. The third kappa shape index (κ3) is 6.08. The second-order valence-electron chi connectivity index (χ2n) is 4.72. The van der Waals surface area contributed by atoms with Gasteiger partial charge in [-0.1, -0.05) is 25.1 Å². The van der Waals surface area contributed by atoms with Crippen LogP contribution in [0.5, 0.6) is 0 Å². The smallest absolute Gasteiger partial charge is 0.224 e. The Morgan fingerprint density at radius 3 is 2.77 bits per heavy atom. The van der Waals surface area contributed by atoms with Crippen molar-refractivity contribution in [2.45, 2.75) is 26.3 Å². The van der Waals surface area contributed by atoms with Crippen molar-refractivity contribution >= 4 is 51.3 Å². The van der Waals surface area contributed by atoms with E-state index in [1.165, 1.54) is 4.88 Å². The Balaban J connectivity index is 0.00000242. The van der Waals surface area contributed by atoms with Crippen molar-refractivity contribution in [3.63, 3.8) is 0 Å². The van der Waals surface area contributed by atoms with E-state index in [1.807, 2.05) is 29.6 Å². The van der Waals surface area contributed by atoms with Crippen LogP contribution in [-0.2, 0) is 17.8 Å². The fourth-order valence-corrected chi connectivity index (χ4v) is 3.45. The van der Waals surface area contributed by atoms with Crippen LogP contribution < -0.4 is 10.6 Å². The fraction of sp³-hybridized carbons (Fsp3) is 0.312. The first-order chi connectivity index (χ1) is 10.2. The molecule has 6 heteroatoms. The van der Waals surface area contributed by atoms with Crippen molar-refractivity contribution in [3.8, 4) is 0 Å². The second-order valence-corrected chi connectivity index (χ2v) is 6.63. The Labute approximate surface area is 150 Å². The summed E-state index contributed by atoms with van der Waals surface area (Å²) in [5, 5.41) is 8.34. The van der Waals surface area contributed by atoms with E-state index >= 15 is 0 Å². The lowest BCUT2D eigenvalue weighted by Crippen LogP contribution is -2.17. The first kappa shape index (κ1) is 19.2. The number of thiophene rings is 1. The van der Waals surface area contributed by atoms with Crippen LogP contribution in [0.1, 0.15) is 23.8 Å². The number of para-hydroxylation sites is 1. The molecule has 0 saturated heterocycles. The predicted octanol–water partition coefficient (Wildman–Crippen LogP) is 4.61. The molecular weight excluding hydrogens is 384 g/mol. The molecule has 0 fully saturated rings. The lowest BCUT2D eigenvalue weighted by atomic mass is 10.1. The highest BCUT2D eigenvalue weighted by Gasteiger charge is 2.07. The molecule has 2 aromatic rings. The van der Waals surface area contributed by atoms with Gasteiger partial charge >= 0.3 is 0 Å². The molecule has 22 heavy (non-hydrogen) atoms. The molecule has 0 aliphatic rings. The maximum absolute atomic E-state index is 12.1. The number of rotatable bonds is 7. The average Bonchev–Trinajstić information content (AvgIpc) is 2.90. The van der Waals surface area contributed by atoms with Crippen molar-refractivity contribution in [1.82, 2.24) is 5.32 Å². The van der Waals surface area contributed by atoms with Crippen molar-refractivity contribution in [3.05, 3.63) is 50.6 Å². The van der Waals surface area contributed by atoms with Crippen LogP contribution in [-0.4, -0.2) is 12.5 Å². The molecule has 1 amide bonds. The molecule has 0 aliphatic heterocycles. The molecule has 1 aromatic carbocycles. The topological polar surface area (TPSA) is 41.1 Å². The van der Waals surface area contributed by atoms with E-state index in [9.17, 15) is 4.79 Å². The van der Waals surface area contributed by atoms with Gasteiger partial charge in [0, 0.05) is 33.4 Å². The van der Waals surface area contributed by atoms with Gasteiger partial charge < -0.3 is 10.6 Å². The van der Waals surface area contributed by atoms with Crippen molar-refractivity contribution < 1.29 is 4.79 Å². The third-order valence-electron chi connectivity index (χ3n) is 3.08. The maximum Gasteiger partial charge on any atom is 0.224 e. The van der Waals surface area contributed by atoms with Gasteiger partial charge in [0.05, 0.1) is 0 Å². The number of carbonyl (C=O) groups excluding carboxylic acids is 1. The summed E-state index contributed by atoms with van der Waals surface area (Å²) >= 11 is 5.10. The van der Waals surface area contributed by atoms with E-state index < -0.39 is 0 Å². The van der Waals surface area contributed by atoms with Crippen LogP contribution in [0.3, 0.4) is 0 Å². The van der Waals surface area contributed by atoms with Crippen molar-refractivity contribution in [2.75, 3.05) is 11.9 Å². The van der Waals surface area contributed by atoms with Gasteiger partial charge in [-0.25, -0.2) is 0 Å². The van der Waals surface area contributed by atoms with Crippen molar-refractivity contribution in [1.29, 1.82) is 0 Å². The minimum absolute atomic E-state index is 0. The highest BCUT2D eigenvalue weighted by molar-refractivity contribution is 9.10. The third-order valence-corrected chi connectivity index (χ3v) is 4.83. The van der Waals surface area contributed by atoms with Gasteiger partial charge in [-0.05, 0) is 46.6 Å². The molecule has 0 bridgehead atoms. The molecular formula is C16H20BrClN2OS. The lowest BCUT2D eigenvalue weighted by Gasteiger charge is -2.11. The number of amides is 1. The van der Waals surface area contributed by atoms with Gasteiger partial charge in [0.1, 0.15) is 0 Å². The standard InChI is InChI=1S/C16H19BrN2OS.ClH/c1-2-18-10-12-5-3-4-6-15(12)19-16(20)8-7-14-9-13(17)11-21-14;/h3-6,9,11,18H,2,7-8,10H2,1H3,(H,19,20);1H. The van der Waals surface area contributed by atoms with Crippen molar-refractivity contribution in [2.24, 2.45) is 0 Å². The number of carbonyl (C=O) groups is 1. The molecule has 1 aromatic heterocycles. The minimum Gasteiger partial charge on any atom is -0.326 e. The largest absolute Gasteiger partial charge is 0.326 e. The number of nitrogens with one attached hydrogen (secondary N) is 2. The summed E-state index contributed by atoms with van der Waals surface area (Å²) in [6.45, 7) is 3.75. The Morgan fingerprint density at radius 1 is 1.32 bits per heavy atom. The van der Waals surface area contributed by atoms with E-state index in [0.717, 1.165) is 35.2 Å². The van der Waals surface area contributed by atoms with Gasteiger partial charge in [0.15, 0.2) is 0 Å². The SMILES string of the molecule is CCNCc1ccccc1NC(=O)CCc1cc(Br)cs1.Cl. The van der Waals surface area contributed by atoms with Crippen LogP contribution in [0.2, 0.25) is 0 Å². The highest BCUT2D eigenvalue weighted by atomic mass is 79.9. The fourth-order valence-electron chi connectivity index (χ4n) is 1.99. The molecule has 120 valence electrons. The molecule has 0 saturated carbocycles. The highest BCUT2D eigenvalue weighted by Crippen LogP contribution is 2.21. The number of anilines is 1. The van der Waals surface area contributed by atoms with Gasteiger partial charge in [-0.2, -0.15) is 0 Å². The van der Waals surface area contributed by atoms with Crippen LogP contribution >= 0.6 is 39.7 Å². The van der Waals surface area contributed by atoms with E-state index in [0.29, 0.717) is 6.42 Å². The van der Waals surface area contributed by atoms with E-state index in [-0.39, 0.29) is 18.3 Å². The summed E-state index contributed by atoms with van der Waals surface area (Å²) in [5.74, 6) is 0.0588. The number of hydrogen-bond donors (Lipinski definition) is 2. The maximum atomic E-state index is 12.1. The normalized spacial score (nSPS) is 10.1. The van der Waals surface area contributed by atoms with Gasteiger partial charge in [-0.3, -0.25) is 4.79 Å². The zero-order chi connectivity index (χ0) is 15.1. The molecule has 0 spiro atoms. The predicted molar refractivity (Wildman–Crippen MR) is 100 cm³/mol. The van der Waals surface area contributed by atoms with Gasteiger partial charge in [0.25, 0.3) is 0 Å². The molecule has 0 atom stereocenters. The monoisotopic (exact) mass is 402 g/mol. The number of benzene rings is 1. The minimum atomic E-state index is 0. The molecule has 0 aliphatic carbocycles. The summed E-state index contributed by atoms with van der Waals surface area (Å²) in [7, 11) is 0. The molecule has 3 nitrogen and oxygen atoms in total. The lowest BCUT2D eigenvalue weighted by molar-refractivity contribution is -0.116. The van der Waals surface area contributed by atoms with E-state index in [4.69, 9.17) is 0 Å². The molecule has 2 rings (SSSR count). The Morgan fingerprint density at radius 2 is 2.09 bits per heavy atom. The number of hydrogen-bond acceptors (Lipinski definition) is 3. The van der Waals surface area contributed by atoms with Crippen LogP contribution in [0.4, 0.5) is 5.69 Å². The summed E-state index contributed by atoms with van der Waals surface area (Å²) in [4.78, 5) is 13.3. The first-order valence-electron chi connectivity index (χ1n) is 7.00. The average molecular weight is 404 g/mol. The summed E-state index contributed by atoms with van der Waals surface area (Å²) in [6.07, 6.45) is 1.28. The molecule has 2 N–H and O–H groups in total. The number of halogens is 2.